The van der Waals surface area contributed by atoms with Crippen LogP contribution in [-0.4, -0.2) is 24.9 Å². The highest BCUT2D eigenvalue weighted by Gasteiger charge is 2.06. The number of carbonyl (C=O) groups excluding carboxylic acids is 2. The fourth-order valence-corrected chi connectivity index (χ4v) is 2.68. The van der Waals surface area contributed by atoms with E-state index >= 15 is 0 Å². The Morgan fingerprint density at radius 3 is 2.43 bits per heavy atom. The number of halogens is 1. The van der Waals surface area contributed by atoms with Gasteiger partial charge in [-0.3, -0.25) is 9.59 Å². The maximum atomic E-state index is 11.8. The highest BCUT2D eigenvalue weighted by molar-refractivity contribution is 9.10. The average molecular weight is 367 g/mol. The third kappa shape index (κ3) is 5.32. The second-order valence-corrected chi connectivity index (χ2v) is 6.32. The lowest BCUT2D eigenvalue weighted by Crippen LogP contribution is -2.35. The molecule has 21 heavy (non-hydrogen) atoms. The number of amides is 2. The molecule has 0 radical (unpaired) electrons. The number of hydrogen-bond acceptors (Lipinski definition) is 3. The van der Waals surface area contributed by atoms with E-state index in [1.807, 2.05) is 29.6 Å². The number of rotatable bonds is 6. The molecule has 0 saturated heterocycles. The summed E-state index contributed by atoms with van der Waals surface area (Å²) in [5.74, 6) is -0.176. The van der Waals surface area contributed by atoms with Crippen molar-refractivity contribution in [1.82, 2.24) is 10.6 Å². The molecule has 0 atom stereocenters. The first-order chi connectivity index (χ1) is 10.1. The Kier molecular flexibility index (Phi) is 5.95. The fourth-order valence-electron chi connectivity index (χ4n) is 1.72. The summed E-state index contributed by atoms with van der Waals surface area (Å²) in [4.78, 5) is 24.5. The standard InChI is InChI=1S/C15H15BrN2O2S/c16-12-5-3-11(4-6-12)15(20)18-8-7-17-14(19)10-13-2-1-9-21-13/h1-6,9H,7-8,10H2,(H,17,19)(H,18,20). The molecule has 0 saturated carbocycles. The summed E-state index contributed by atoms with van der Waals surface area (Å²) in [5.41, 5.74) is 0.600. The number of benzene rings is 1. The Morgan fingerprint density at radius 2 is 1.76 bits per heavy atom. The largest absolute Gasteiger partial charge is 0.354 e. The fraction of sp³-hybridized carbons (Fsp3) is 0.200. The Hall–Kier alpha value is -1.66. The summed E-state index contributed by atoms with van der Waals surface area (Å²) in [6.07, 6.45) is 0.387. The average Bonchev–Trinajstić information content (AvgIpc) is 2.97. The molecule has 2 aromatic rings. The quantitative estimate of drug-likeness (QED) is 0.772. The molecule has 2 amide bonds. The molecular weight excluding hydrogens is 352 g/mol. The first kappa shape index (κ1) is 15.7. The Bertz CT molecular complexity index is 597. The minimum atomic E-state index is -0.144. The van der Waals surface area contributed by atoms with Gasteiger partial charge in [0.05, 0.1) is 6.42 Å². The number of nitrogens with one attached hydrogen (secondary N) is 2. The van der Waals surface area contributed by atoms with Gasteiger partial charge in [0.25, 0.3) is 5.91 Å². The second-order valence-electron chi connectivity index (χ2n) is 4.37. The molecule has 0 aliphatic rings. The number of thiophene rings is 1. The zero-order valence-electron chi connectivity index (χ0n) is 11.3. The van der Waals surface area contributed by atoms with E-state index in [4.69, 9.17) is 0 Å². The van der Waals surface area contributed by atoms with Gasteiger partial charge >= 0.3 is 0 Å². The van der Waals surface area contributed by atoms with E-state index in [1.54, 1.807) is 23.5 Å². The second kappa shape index (κ2) is 7.95. The summed E-state index contributed by atoms with van der Waals surface area (Å²) in [5, 5.41) is 7.49. The van der Waals surface area contributed by atoms with Crippen molar-refractivity contribution < 1.29 is 9.59 Å². The van der Waals surface area contributed by atoms with Gasteiger partial charge in [-0.2, -0.15) is 0 Å². The first-order valence-corrected chi connectivity index (χ1v) is 8.15. The van der Waals surface area contributed by atoms with Crippen LogP contribution in [-0.2, 0) is 11.2 Å². The smallest absolute Gasteiger partial charge is 0.251 e. The van der Waals surface area contributed by atoms with Crippen LogP contribution in [0.4, 0.5) is 0 Å². The van der Waals surface area contributed by atoms with Gasteiger partial charge < -0.3 is 10.6 Å². The van der Waals surface area contributed by atoms with Gasteiger partial charge in [-0.25, -0.2) is 0 Å². The van der Waals surface area contributed by atoms with E-state index in [0.29, 0.717) is 25.1 Å². The third-order valence-corrected chi connectivity index (χ3v) is 4.16. The molecule has 110 valence electrons. The van der Waals surface area contributed by atoms with Crippen LogP contribution in [0.3, 0.4) is 0 Å². The minimum Gasteiger partial charge on any atom is -0.354 e. The van der Waals surface area contributed by atoms with Crippen molar-refractivity contribution in [1.29, 1.82) is 0 Å². The molecule has 0 aliphatic carbocycles. The Balaban J connectivity index is 1.66. The van der Waals surface area contributed by atoms with Crippen molar-refractivity contribution in [2.24, 2.45) is 0 Å². The zero-order chi connectivity index (χ0) is 15.1. The van der Waals surface area contributed by atoms with Gasteiger partial charge in [0.15, 0.2) is 0 Å². The van der Waals surface area contributed by atoms with Crippen molar-refractivity contribution in [2.75, 3.05) is 13.1 Å². The molecule has 1 aromatic carbocycles. The summed E-state index contributed by atoms with van der Waals surface area (Å²) in [6, 6.07) is 11.0. The summed E-state index contributed by atoms with van der Waals surface area (Å²) >= 11 is 4.88. The molecule has 0 fully saturated rings. The summed E-state index contributed by atoms with van der Waals surface area (Å²) in [7, 11) is 0. The van der Waals surface area contributed by atoms with Crippen LogP contribution in [0.2, 0.25) is 0 Å². The van der Waals surface area contributed by atoms with Crippen LogP contribution in [0.25, 0.3) is 0 Å². The van der Waals surface area contributed by atoms with E-state index in [0.717, 1.165) is 9.35 Å². The Morgan fingerprint density at radius 1 is 1.05 bits per heavy atom. The van der Waals surface area contributed by atoms with Gasteiger partial charge in [0.2, 0.25) is 5.91 Å². The lowest BCUT2D eigenvalue weighted by molar-refractivity contribution is -0.120. The molecular formula is C15H15BrN2O2S. The van der Waals surface area contributed by atoms with Gasteiger partial charge in [0.1, 0.15) is 0 Å². The minimum absolute atomic E-state index is 0.0321. The molecule has 0 unspecified atom stereocenters. The molecule has 1 heterocycles. The normalized spacial score (nSPS) is 10.1. The van der Waals surface area contributed by atoms with Gasteiger partial charge in [-0.15, -0.1) is 11.3 Å². The number of carbonyl (C=O) groups is 2. The van der Waals surface area contributed by atoms with E-state index in [-0.39, 0.29) is 11.8 Å². The highest BCUT2D eigenvalue weighted by atomic mass is 79.9. The lowest BCUT2D eigenvalue weighted by atomic mass is 10.2. The number of hydrogen-bond donors (Lipinski definition) is 2. The van der Waals surface area contributed by atoms with Crippen LogP contribution in [0.15, 0.2) is 46.3 Å². The monoisotopic (exact) mass is 366 g/mol. The van der Waals surface area contributed by atoms with Crippen LogP contribution < -0.4 is 10.6 Å². The van der Waals surface area contributed by atoms with Crippen molar-refractivity contribution >= 4 is 39.1 Å². The predicted octanol–water partition coefficient (Wildman–Crippen LogP) is 2.60. The van der Waals surface area contributed by atoms with E-state index in [9.17, 15) is 9.59 Å². The lowest BCUT2D eigenvalue weighted by Gasteiger charge is -2.07. The maximum Gasteiger partial charge on any atom is 0.251 e. The van der Waals surface area contributed by atoms with Crippen LogP contribution in [0.5, 0.6) is 0 Å². The molecule has 6 heteroatoms. The van der Waals surface area contributed by atoms with Crippen molar-refractivity contribution in [3.63, 3.8) is 0 Å². The topological polar surface area (TPSA) is 58.2 Å². The maximum absolute atomic E-state index is 11.8. The van der Waals surface area contributed by atoms with Crippen molar-refractivity contribution in [3.05, 3.63) is 56.7 Å². The molecule has 1 aromatic heterocycles. The van der Waals surface area contributed by atoms with Crippen LogP contribution >= 0.6 is 27.3 Å². The molecule has 2 N–H and O–H groups in total. The molecule has 0 bridgehead atoms. The van der Waals surface area contributed by atoms with Gasteiger partial charge in [-0.1, -0.05) is 22.0 Å². The predicted molar refractivity (Wildman–Crippen MR) is 87.5 cm³/mol. The van der Waals surface area contributed by atoms with Crippen molar-refractivity contribution in [2.45, 2.75) is 6.42 Å². The Labute approximate surface area is 135 Å². The molecule has 0 aliphatic heterocycles. The SMILES string of the molecule is O=C(Cc1cccs1)NCCNC(=O)c1ccc(Br)cc1. The zero-order valence-corrected chi connectivity index (χ0v) is 13.7. The highest BCUT2D eigenvalue weighted by Crippen LogP contribution is 2.10. The van der Waals surface area contributed by atoms with Crippen LogP contribution in [0, 0.1) is 0 Å². The van der Waals surface area contributed by atoms with E-state index in [1.165, 1.54) is 0 Å². The van der Waals surface area contributed by atoms with E-state index in [2.05, 4.69) is 26.6 Å². The van der Waals surface area contributed by atoms with Crippen molar-refractivity contribution in [3.8, 4) is 0 Å². The summed E-state index contributed by atoms with van der Waals surface area (Å²) < 4.78 is 0.930. The molecule has 2 rings (SSSR count). The third-order valence-electron chi connectivity index (χ3n) is 2.75. The van der Waals surface area contributed by atoms with Gasteiger partial charge in [-0.05, 0) is 35.7 Å². The molecule has 4 nitrogen and oxygen atoms in total. The van der Waals surface area contributed by atoms with Crippen LogP contribution in [0.1, 0.15) is 15.2 Å². The first-order valence-electron chi connectivity index (χ1n) is 6.48. The van der Waals surface area contributed by atoms with E-state index < -0.39 is 0 Å². The van der Waals surface area contributed by atoms with Gasteiger partial charge in [0, 0.05) is 28.0 Å². The molecule has 0 spiro atoms. The summed E-state index contributed by atoms with van der Waals surface area (Å²) in [6.45, 7) is 0.831.